The van der Waals surface area contributed by atoms with Crippen molar-refractivity contribution in [1.82, 2.24) is 15.3 Å². The summed E-state index contributed by atoms with van der Waals surface area (Å²) in [5.74, 6) is 0. The van der Waals surface area contributed by atoms with Gasteiger partial charge in [-0.25, -0.2) is 4.98 Å². The number of aromatic nitrogens is 2. The fraction of sp³-hybridized carbons (Fsp3) is 0.429. The molecule has 2 heterocycles. The molecule has 3 nitrogen and oxygen atoms in total. The zero-order chi connectivity index (χ0) is 13.7. The smallest absolute Gasteiger partial charge is 0.143 e. The molecule has 0 amide bonds. The molecular formula is C14H18ClN3S. The molecule has 102 valence electrons. The van der Waals surface area contributed by atoms with Gasteiger partial charge in [0, 0.05) is 17.6 Å². The first-order chi connectivity index (χ1) is 9.26. The normalized spacial score (nSPS) is 10.9. The maximum absolute atomic E-state index is 6.19. The summed E-state index contributed by atoms with van der Waals surface area (Å²) in [6.07, 6.45) is 3.85. The number of pyridine rings is 1. The third-order valence-corrected chi connectivity index (χ3v) is 4.17. The summed E-state index contributed by atoms with van der Waals surface area (Å²) in [7, 11) is 0. The molecule has 2 aromatic rings. The van der Waals surface area contributed by atoms with E-state index in [4.69, 9.17) is 16.6 Å². The number of rotatable bonds is 6. The molecule has 0 aliphatic rings. The Morgan fingerprint density at radius 1 is 1.37 bits per heavy atom. The Bertz CT molecular complexity index is 539. The highest BCUT2D eigenvalue weighted by Gasteiger charge is 2.14. The molecule has 19 heavy (non-hydrogen) atoms. The number of nitrogens with one attached hydrogen (secondary N) is 1. The van der Waals surface area contributed by atoms with Crippen LogP contribution in [0.15, 0.2) is 18.3 Å². The molecule has 0 spiro atoms. The average Bonchev–Trinajstić information content (AvgIpc) is 2.80. The van der Waals surface area contributed by atoms with Crippen molar-refractivity contribution < 1.29 is 0 Å². The third-order valence-electron chi connectivity index (χ3n) is 2.76. The lowest BCUT2D eigenvalue weighted by molar-refractivity contribution is 0.723. The molecule has 0 atom stereocenters. The minimum atomic E-state index is 0.661. The largest absolute Gasteiger partial charge is 0.312 e. The van der Waals surface area contributed by atoms with E-state index in [1.807, 2.05) is 12.1 Å². The van der Waals surface area contributed by atoms with Crippen LogP contribution in [0.1, 0.15) is 30.8 Å². The fourth-order valence-corrected chi connectivity index (χ4v) is 3.19. The van der Waals surface area contributed by atoms with Crippen LogP contribution in [0, 0.1) is 0 Å². The minimum Gasteiger partial charge on any atom is -0.312 e. The predicted octanol–water partition coefficient (Wildman–Crippen LogP) is 3.92. The Balaban J connectivity index is 2.34. The highest BCUT2D eigenvalue weighted by molar-refractivity contribution is 7.15. The topological polar surface area (TPSA) is 37.8 Å². The van der Waals surface area contributed by atoms with Gasteiger partial charge in [0.15, 0.2) is 0 Å². The van der Waals surface area contributed by atoms with Crippen LogP contribution in [-0.4, -0.2) is 16.5 Å². The maximum Gasteiger partial charge on any atom is 0.143 e. The van der Waals surface area contributed by atoms with E-state index in [1.165, 1.54) is 10.6 Å². The lowest BCUT2D eigenvalue weighted by atomic mass is 10.2. The molecule has 0 unspecified atom stereocenters. The van der Waals surface area contributed by atoms with Crippen molar-refractivity contribution in [3.05, 3.63) is 33.9 Å². The molecule has 0 bridgehead atoms. The van der Waals surface area contributed by atoms with Crippen LogP contribution in [0.4, 0.5) is 0 Å². The van der Waals surface area contributed by atoms with E-state index >= 15 is 0 Å². The molecule has 1 N–H and O–H groups in total. The van der Waals surface area contributed by atoms with E-state index in [9.17, 15) is 0 Å². The number of thiazole rings is 1. The molecule has 0 aromatic carbocycles. The van der Waals surface area contributed by atoms with Crippen molar-refractivity contribution in [3.8, 4) is 10.7 Å². The van der Waals surface area contributed by atoms with E-state index in [0.29, 0.717) is 5.02 Å². The van der Waals surface area contributed by atoms with Crippen LogP contribution in [-0.2, 0) is 13.0 Å². The molecule has 2 aromatic heterocycles. The first-order valence-electron chi connectivity index (χ1n) is 6.56. The van der Waals surface area contributed by atoms with Crippen LogP contribution in [0.2, 0.25) is 5.02 Å². The van der Waals surface area contributed by atoms with Gasteiger partial charge in [-0.05, 0) is 25.1 Å². The van der Waals surface area contributed by atoms with Gasteiger partial charge >= 0.3 is 0 Å². The zero-order valence-corrected chi connectivity index (χ0v) is 12.8. The Hall–Kier alpha value is -0.970. The van der Waals surface area contributed by atoms with Gasteiger partial charge < -0.3 is 5.32 Å². The maximum atomic E-state index is 6.19. The predicted molar refractivity (Wildman–Crippen MR) is 81.7 cm³/mol. The second kappa shape index (κ2) is 6.98. The van der Waals surface area contributed by atoms with Crippen molar-refractivity contribution >= 4 is 22.9 Å². The Morgan fingerprint density at radius 3 is 2.89 bits per heavy atom. The molecule has 5 heteroatoms. The van der Waals surface area contributed by atoms with Crippen LogP contribution in [0.5, 0.6) is 0 Å². The van der Waals surface area contributed by atoms with Crippen molar-refractivity contribution in [3.63, 3.8) is 0 Å². The highest BCUT2D eigenvalue weighted by atomic mass is 35.5. The van der Waals surface area contributed by atoms with Gasteiger partial charge in [0.25, 0.3) is 0 Å². The summed E-state index contributed by atoms with van der Waals surface area (Å²) < 4.78 is 0. The van der Waals surface area contributed by atoms with Crippen LogP contribution >= 0.6 is 22.9 Å². The molecule has 0 fully saturated rings. The molecule has 0 saturated carbocycles. The van der Waals surface area contributed by atoms with Gasteiger partial charge in [-0.15, -0.1) is 11.3 Å². The average molecular weight is 296 g/mol. The molecule has 2 rings (SSSR count). The Kier molecular flexibility index (Phi) is 5.31. The first kappa shape index (κ1) is 14.4. The quantitative estimate of drug-likeness (QED) is 0.878. The van der Waals surface area contributed by atoms with Crippen molar-refractivity contribution in [1.29, 1.82) is 0 Å². The Morgan fingerprint density at radius 2 is 2.21 bits per heavy atom. The molecular weight excluding hydrogens is 278 g/mol. The SMILES string of the molecule is CCCc1nc(-c2ncccc2Cl)sc1CNCC. The number of aryl methyl sites for hydroxylation is 1. The molecule has 0 saturated heterocycles. The molecule has 0 aliphatic heterocycles. The second-order valence-corrected chi connectivity index (χ2v) is 5.74. The third kappa shape index (κ3) is 3.53. The summed E-state index contributed by atoms with van der Waals surface area (Å²) in [5, 5.41) is 4.94. The number of halogens is 1. The van der Waals surface area contributed by atoms with E-state index in [2.05, 4.69) is 24.1 Å². The van der Waals surface area contributed by atoms with E-state index in [-0.39, 0.29) is 0 Å². The highest BCUT2D eigenvalue weighted by Crippen LogP contribution is 2.31. The Labute approximate surface area is 123 Å². The number of hydrogen-bond donors (Lipinski definition) is 1. The summed E-state index contributed by atoms with van der Waals surface area (Å²) >= 11 is 7.88. The van der Waals surface area contributed by atoms with Gasteiger partial charge in [-0.2, -0.15) is 0 Å². The van der Waals surface area contributed by atoms with Crippen LogP contribution in [0.3, 0.4) is 0 Å². The lowest BCUT2D eigenvalue weighted by Crippen LogP contribution is -2.11. The van der Waals surface area contributed by atoms with Crippen molar-refractivity contribution in [2.75, 3.05) is 6.54 Å². The van der Waals surface area contributed by atoms with Gasteiger partial charge in [-0.1, -0.05) is 31.9 Å². The van der Waals surface area contributed by atoms with Gasteiger partial charge in [0.05, 0.1) is 10.7 Å². The summed E-state index contributed by atoms with van der Waals surface area (Å²) in [5.41, 5.74) is 1.96. The zero-order valence-electron chi connectivity index (χ0n) is 11.2. The summed E-state index contributed by atoms with van der Waals surface area (Å²) in [6, 6.07) is 3.70. The van der Waals surface area contributed by atoms with E-state index in [1.54, 1.807) is 17.5 Å². The van der Waals surface area contributed by atoms with Crippen LogP contribution in [0.25, 0.3) is 10.7 Å². The van der Waals surface area contributed by atoms with Gasteiger partial charge in [0.1, 0.15) is 10.7 Å². The first-order valence-corrected chi connectivity index (χ1v) is 7.75. The van der Waals surface area contributed by atoms with Crippen molar-refractivity contribution in [2.24, 2.45) is 0 Å². The minimum absolute atomic E-state index is 0.661. The van der Waals surface area contributed by atoms with Crippen molar-refractivity contribution in [2.45, 2.75) is 33.2 Å². The monoisotopic (exact) mass is 295 g/mol. The number of nitrogens with zero attached hydrogens (tertiary/aromatic N) is 2. The lowest BCUT2D eigenvalue weighted by Gasteiger charge is -2.00. The molecule has 0 radical (unpaired) electrons. The van der Waals surface area contributed by atoms with Gasteiger partial charge in [-0.3, -0.25) is 4.98 Å². The van der Waals surface area contributed by atoms with Gasteiger partial charge in [0.2, 0.25) is 0 Å². The standard InChI is InChI=1S/C14H18ClN3S/c1-3-6-11-12(9-16-4-2)19-14(18-11)13-10(15)7-5-8-17-13/h5,7-8,16H,3-4,6,9H2,1-2H3. The second-order valence-electron chi connectivity index (χ2n) is 4.25. The van der Waals surface area contributed by atoms with E-state index in [0.717, 1.165) is 36.6 Å². The summed E-state index contributed by atoms with van der Waals surface area (Å²) in [4.78, 5) is 10.3. The van der Waals surface area contributed by atoms with Crippen LogP contribution < -0.4 is 5.32 Å². The fourth-order valence-electron chi connectivity index (χ4n) is 1.84. The number of hydrogen-bond acceptors (Lipinski definition) is 4. The molecule has 0 aliphatic carbocycles. The van der Waals surface area contributed by atoms with E-state index < -0.39 is 0 Å². The summed E-state index contributed by atoms with van der Waals surface area (Å²) in [6.45, 7) is 6.11.